The molecule has 1 fully saturated rings. The number of nitrogens with one attached hydrogen (secondary N) is 3. The van der Waals surface area contributed by atoms with Crippen LogP contribution in [-0.2, 0) is 21.1 Å². The first-order valence-electron chi connectivity index (χ1n) is 9.42. The van der Waals surface area contributed by atoms with Crippen LogP contribution < -0.4 is 16.0 Å². The van der Waals surface area contributed by atoms with E-state index in [0.29, 0.717) is 31.4 Å². The predicted molar refractivity (Wildman–Crippen MR) is 126 cm³/mol. The summed E-state index contributed by atoms with van der Waals surface area (Å²) in [5.74, 6) is 1.22. The van der Waals surface area contributed by atoms with Crippen molar-refractivity contribution in [3.63, 3.8) is 0 Å². The van der Waals surface area contributed by atoms with Gasteiger partial charge in [-0.3, -0.25) is 9.79 Å². The maximum Gasteiger partial charge on any atom is 0.222 e. The third-order valence-corrected chi connectivity index (χ3v) is 6.94. The van der Waals surface area contributed by atoms with Crippen LogP contribution in [0.4, 0.5) is 0 Å². The normalized spacial score (nSPS) is 19.5. The first-order chi connectivity index (χ1) is 12.9. The number of rotatable bonds is 9. The molecule has 0 aromatic carbocycles. The molecule has 28 heavy (non-hydrogen) atoms. The van der Waals surface area contributed by atoms with Crippen molar-refractivity contribution >= 4 is 57.0 Å². The van der Waals surface area contributed by atoms with Gasteiger partial charge in [0.2, 0.25) is 5.91 Å². The number of aliphatic imine (C=N–C) groups is 1. The average Bonchev–Trinajstić information content (AvgIpc) is 3.22. The highest BCUT2D eigenvalue weighted by Crippen LogP contribution is 2.14. The Labute approximate surface area is 189 Å². The van der Waals surface area contributed by atoms with Gasteiger partial charge in [-0.15, -0.1) is 35.3 Å². The van der Waals surface area contributed by atoms with Gasteiger partial charge in [-0.2, -0.15) is 0 Å². The van der Waals surface area contributed by atoms with E-state index in [1.54, 1.807) is 11.3 Å². The summed E-state index contributed by atoms with van der Waals surface area (Å²) in [5, 5.41) is 11.2. The molecule has 1 saturated heterocycles. The lowest BCUT2D eigenvalue weighted by Gasteiger charge is -2.14. The Morgan fingerprint density at radius 3 is 2.79 bits per heavy atom. The Bertz CT molecular complexity index is 723. The van der Waals surface area contributed by atoms with Gasteiger partial charge in [0, 0.05) is 37.0 Å². The number of hydrogen-bond donors (Lipinski definition) is 3. The van der Waals surface area contributed by atoms with Crippen molar-refractivity contribution in [3.05, 3.63) is 22.4 Å². The molecule has 2 atom stereocenters. The number of halogens is 1. The van der Waals surface area contributed by atoms with E-state index in [0.717, 1.165) is 13.0 Å². The highest BCUT2D eigenvalue weighted by Gasteiger charge is 2.28. The molecule has 1 amide bonds. The maximum atomic E-state index is 12.0. The number of amides is 1. The second-order valence-corrected chi connectivity index (χ2v) is 10.2. The Kier molecular flexibility index (Phi) is 11.4. The number of guanidine groups is 1. The van der Waals surface area contributed by atoms with Gasteiger partial charge in [0.05, 0.1) is 11.5 Å². The van der Waals surface area contributed by atoms with E-state index in [-0.39, 0.29) is 53.9 Å². The van der Waals surface area contributed by atoms with Crippen LogP contribution in [0.25, 0.3) is 0 Å². The van der Waals surface area contributed by atoms with Crippen LogP contribution in [0.15, 0.2) is 22.5 Å². The van der Waals surface area contributed by atoms with Gasteiger partial charge in [0.25, 0.3) is 0 Å². The van der Waals surface area contributed by atoms with Crippen molar-refractivity contribution in [2.45, 2.75) is 39.2 Å². The lowest BCUT2D eigenvalue weighted by molar-refractivity contribution is -0.121. The number of hydrogen-bond acceptors (Lipinski definition) is 5. The molecule has 1 aliphatic rings. The summed E-state index contributed by atoms with van der Waals surface area (Å²) >= 11 is 1.76. The van der Waals surface area contributed by atoms with Gasteiger partial charge in [0.15, 0.2) is 15.8 Å². The quantitative estimate of drug-likeness (QED) is 0.251. The van der Waals surface area contributed by atoms with Gasteiger partial charge in [-0.25, -0.2) is 8.42 Å². The van der Waals surface area contributed by atoms with Gasteiger partial charge >= 0.3 is 0 Å². The summed E-state index contributed by atoms with van der Waals surface area (Å²) < 4.78 is 22.9. The van der Waals surface area contributed by atoms with Crippen molar-refractivity contribution in [2.75, 3.05) is 31.1 Å². The number of carbonyl (C=O) groups is 1. The smallest absolute Gasteiger partial charge is 0.222 e. The minimum atomic E-state index is -2.98. The minimum absolute atomic E-state index is 0. The fourth-order valence-electron chi connectivity index (χ4n) is 2.93. The predicted octanol–water partition coefficient (Wildman–Crippen LogP) is 1.79. The van der Waals surface area contributed by atoms with Crippen LogP contribution in [0.1, 0.15) is 31.6 Å². The molecule has 0 aliphatic carbocycles. The van der Waals surface area contributed by atoms with Gasteiger partial charge in [-0.05, 0) is 37.1 Å². The van der Waals surface area contributed by atoms with Crippen LogP contribution in [0.2, 0.25) is 0 Å². The molecule has 0 bridgehead atoms. The Balaban J connectivity index is 0.00000392. The molecule has 0 radical (unpaired) electrons. The highest BCUT2D eigenvalue weighted by atomic mass is 127. The molecular formula is C18H31IN4O3S2. The summed E-state index contributed by atoms with van der Waals surface area (Å²) in [6.45, 7) is 6.09. The molecule has 1 aliphatic heterocycles. The van der Waals surface area contributed by atoms with Crippen LogP contribution in [-0.4, -0.2) is 57.5 Å². The molecule has 3 N–H and O–H groups in total. The second kappa shape index (κ2) is 12.6. The first-order valence-corrected chi connectivity index (χ1v) is 12.1. The monoisotopic (exact) mass is 542 g/mol. The topological polar surface area (TPSA) is 99.7 Å². The maximum absolute atomic E-state index is 12.0. The highest BCUT2D eigenvalue weighted by molar-refractivity contribution is 14.0. The van der Waals surface area contributed by atoms with E-state index >= 15 is 0 Å². The molecule has 160 valence electrons. The van der Waals surface area contributed by atoms with Crippen molar-refractivity contribution in [1.82, 2.24) is 16.0 Å². The molecule has 2 unspecified atom stereocenters. The number of nitrogens with zero attached hydrogens (tertiary/aromatic N) is 1. The number of carbonyl (C=O) groups excluding carboxylic acids is 1. The standard InChI is InChI=1S/C18H30N4O3S2.HI/c1-3-19-18(21-12-14(2)11-16-5-4-9-26-16)20-8-6-17(23)22-15-7-10-27(24,25)13-15;/h4-5,9,14-15H,3,6-8,10-13H2,1-2H3,(H,22,23)(H2,19,20,21);1H. The fraction of sp³-hybridized carbons (Fsp3) is 0.667. The van der Waals surface area contributed by atoms with E-state index in [2.05, 4.69) is 45.4 Å². The SMILES string of the molecule is CCNC(=NCC(C)Cc1cccs1)NCCC(=O)NC1CCS(=O)(=O)C1.I. The van der Waals surface area contributed by atoms with Crippen LogP contribution >= 0.6 is 35.3 Å². The number of thiophene rings is 1. The van der Waals surface area contributed by atoms with Crippen molar-refractivity contribution in [3.8, 4) is 0 Å². The second-order valence-electron chi connectivity index (χ2n) is 6.95. The van der Waals surface area contributed by atoms with E-state index in [1.807, 2.05) is 6.92 Å². The van der Waals surface area contributed by atoms with Gasteiger partial charge in [0.1, 0.15) is 0 Å². The zero-order chi connectivity index (χ0) is 19.7. The Hall–Kier alpha value is -0.880. The summed E-state index contributed by atoms with van der Waals surface area (Å²) in [5.41, 5.74) is 0. The van der Waals surface area contributed by atoms with Gasteiger partial charge < -0.3 is 16.0 Å². The third-order valence-electron chi connectivity index (χ3n) is 4.28. The molecular weight excluding hydrogens is 511 g/mol. The molecule has 7 nitrogen and oxygen atoms in total. The molecule has 10 heteroatoms. The molecule has 1 aromatic heterocycles. The van der Waals surface area contributed by atoms with E-state index in [4.69, 9.17) is 0 Å². The molecule has 2 rings (SSSR count). The molecule has 0 spiro atoms. The lowest BCUT2D eigenvalue weighted by atomic mass is 10.1. The average molecular weight is 543 g/mol. The van der Waals surface area contributed by atoms with E-state index < -0.39 is 9.84 Å². The van der Waals surface area contributed by atoms with Crippen molar-refractivity contribution in [1.29, 1.82) is 0 Å². The zero-order valence-corrected chi connectivity index (χ0v) is 20.4. The molecule has 0 saturated carbocycles. The lowest BCUT2D eigenvalue weighted by Crippen LogP contribution is -2.41. The molecule has 1 aromatic rings. The first kappa shape index (κ1) is 25.2. The van der Waals surface area contributed by atoms with E-state index in [1.165, 1.54) is 4.88 Å². The van der Waals surface area contributed by atoms with Crippen molar-refractivity contribution in [2.24, 2.45) is 10.9 Å². The van der Waals surface area contributed by atoms with Crippen molar-refractivity contribution < 1.29 is 13.2 Å². The fourth-order valence-corrected chi connectivity index (χ4v) is 5.47. The third kappa shape index (κ3) is 9.55. The van der Waals surface area contributed by atoms with E-state index in [9.17, 15) is 13.2 Å². The summed E-state index contributed by atoms with van der Waals surface area (Å²) in [4.78, 5) is 18.0. The summed E-state index contributed by atoms with van der Waals surface area (Å²) in [6, 6.07) is 3.96. The molecule has 2 heterocycles. The Morgan fingerprint density at radius 2 is 2.18 bits per heavy atom. The zero-order valence-electron chi connectivity index (χ0n) is 16.4. The summed E-state index contributed by atoms with van der Waals surface area (Å²) in [6.07, 6.45) is 1.80. The van der Waals surface area contributed by atoms with Crippen LogP contribution in [0.3, 0.4) is 0 Å². The largest absolute Gasteiger partial charge is 0.357 e. The Morgan fingerprint density at radius 1 is 1.39 bits per heavy atom. The summed E-state index contributed by atoms with van der Waals surface area (Å²) in [7, 11) is -2.98. The number of sulfone groups is 1. The minimum Gasteiger partial charge on any atom is -0.357 e. The van der Waals surface area contributed by atoms with Crippen LogP contribution in [0, 0.1) is 5.92 Å². The van der Waals surface area contributed by atoms with Crippen LogP contribution in [0.5, 0.6) is 0 Å². The van der Waals surface area contributed by atoms with Gasteiger partial charge in [-0.1, -0.05) is 13.0 Å².